The number of allylic oxidation sites excluding steroid dienone is 4. The normalized spacial score (nSPS) is 15.8. The number of methoxy groups -OCH3 is 1. The molecule has 2 aromatic rings. The molecular weight excluding hydrogens is 426 g/mol. The number of hydrogen-bond donors (Lipinski definition) is 0. The number of nitrogens with zero attached hydrogens (tertiary/aromatic N) is 1. The van der Waals surface area contributed by atoms with Crippen LogP contribution in [0.3, 0.4) is 0 Å². The van der Waals surface area contributed by atoms with Gasteiger partial charge in [0.1, 0.15) is 5.75 Å². The Kier molecular flexibility index (Phi) is 7.93. The summed E-state index contributed by atoms with van der Waals surface area (Å²) < 4.78 is 5.35. The highest BCUT2D eigenvalue weighted by atomic mass is 32.2. The van der Waals surface area contributed by atoms with Gasteiger partial charge in [0.25, 0.3) is 5.91 Å². The second-order valence-electron chi connectivity index (χ2n) is 8.52. The molecule has 1 aliphatic carbocycles. The number of carbonyl (C=O) groups is 1. The van der Waals surface area contributed by atoms with Crippen molar-refractivity contribution in [2.45, 2.75) is 45.4 Å². The summed E-state index contributed by atoms with van der Waals surface area (Å²) in [7, 11) is 1.62. The lowest BCUT2D eigenvalue weighted by Gasteiger charge is -2.25. The SMILES string of the molecule is COc1cccc(C(=O)N(CC2=CCC=C=C(CC3=CCCCC3)S2)c2ccc(C)cc2)c1. The molecule has 2 aliphatic rings. The highest BCUT2D eigenvalue weighted by molar-refractivity contribution is 8.06. The molecule has 0 saturated carbocycles. The fourth-order valence-corrected chi connectivity index (χ4v) is 5.21. The van der Waals surface area contributed by atoms with Crippen LogP contribution in [0.2, 0.25) is 0 Å². The summed E-state index contributed by atoms with van der Waals surface area (Å²) in [6, 6.07) is 15.5. The van der Waals surface area contributed by atoms with Gasteiger partial charge in [0.15, 0.2) is 0 Å². The smallest absolute Gasteiger partial charge is 0.258 e. The third-order valence-corrected chi connectivity index (χ3v) is 7.04. The van der Waals surface area contributed by atoms with E-state index in [1.54, 1.807) is 24.9 Å². The minimum atomic E-state index is -0.0306. The number of carbonyl (C=O) groups excluding carboxylic acids is 1. The van der Waals surface area contributed by atoms with Crippen molar-refractivity contribution in [3.63, 3.8) is 0 Å². The van der Waals surface area contributed by atoms with Crippen LogP contribution in [-0.4, -0.2) is 19.6 Å². The molecule has 0 saturated heterocycles. The quantitative estimate of drug-likeness (QED) is 0.317. The van der Waals surface area contributed by atoms with E-state index >= 15 is 0 Å². The molecule has 0 spiro atoms. The Labute approximate surface area is 201 Å². The van der Waals surface area contributed by atoms with E-state index in [-0.39, 0.29) is 5.91 Å². The molecule has 4 rings (SSSR count). The average molecular weight is 458 g/mol. The number of thioether (sulfide) groups is 1. The predicted molar refractivity (Wildman–Crippen MR) is 139 cm³/mol. The van der Waals surface area contributed by atoms with Gasteiger partial charge in [-0.1, -0.05) is 53.2 Å². The first-order valence-electron chi connectivity index (χ1n) is 11.6. The number of amides is 1. The molecule has 3 nitrogen and oxygen atoms in total. The molecular formula is C29H31NO2S. The first kappa shape index (κ1) is 23.2. The van der Waals surface area contributed by atoms with Crippen LogP contribution in [0.15, 0.2) is 87.9 Å². The number of hydrogen-bond acceptors (Lipinski definition) is 3. The lowest BCUT2D eigenvalue weighted by atomic mass is 9.97. The molecule has 0 N–H and O–H groups in total. The van der Waals surface area contributed by atoms with Gasteiger partial charge in [-0.3, -0.25) is 4.79 Å². The van der Waals surface area contributed by atoms with Gasteiger partial charge < -0.3 is 9.64 Å². The van der Waals surface area contributed by atoms with Crippen molar-refractivity contribution >= 4 is 23.4 Å². The lowest BCUT2D eigenvalue weighted by molar-refractivity contribution is 0.0989. The van der Waals surface area contributed by atoms with Crippen molar-refractivity contribution in [3.8, 4) is 5.75 Å². The Bertz CT molecular complexity index is 1120. The summed E-state index contributed by atoms with van der Waals surface area (Å²) in [5, 5.41) is 0. The van der Waals surface area contributed by atoms with Crippen molar-refractivity contribution in [2.24, 2.45) is 0 Å². The highest BCUT2D eigenvalue weighted by Crippen LogP contribution is 2.35. The van der Waals surface area contributed by atoms with Crippen LogP contribution in [0.4, 0.5) is 5.69 Å². The molecule has 0 radical (unpaired) electrons. The molecule has 0 aromatic heterocycles. The fourth-order valence-electron chi connectivity index (χ4n) is 4.12. The molecule has 1 heterocycles. The Hall–Kier alpha value is -2.94. The van der Waals surface area contributed by atoms with Gasteiger partial charge in [0.05, 0.1) is 13.7 Å². The molecule has 33 heavy (non-hydrogen) atoms. The monoisotopic (exact) mass is 457 g/mol. The van der Waals surface area contributed by atoms with E-state index in [9.17, 15) is 4.79 Å². The number of aryl methyl sites for hydroxylation is 1. The van der Waals surface area contributed by atoms with Crippen molar-refractivity contribution in [1.82, 2.24) is 0 Å². The van der Waals surface area contributed by atoms with Crippen molar-refractivity contribution in [3.05, 3.63) is 99.0 Å². The molecule has 0 atom stereocenters. The van der Waals surface area contributed by atoms with Gasteiger partial charge in [-0.25, -0.2) is 0 Å². The van der Waals surface area contributed by atoms with Gasteiger partial charge in [-0.15, -0.1) is 5.73 Å². The standard InChI is InChI=1S/C29H31NO2S/c1-22-15-17-25(18-16-22)30(29(31)24-11-8-12-26(20-24)32-2)21-28-14-7-6-13-27(33-28)19-23-9-4-3-5-10-23/h6,8-9,11-12,14-18,20H,3-5,7,10,19,21H2,1-2H3. The first-order chi connectivity index (χ1) is 16.1. The van der Waals surface area contributed by atoms with Gasteiger partial charge >= 0.3 is 0 Å². The van der Waals surface area contributed by atoms with Gasteiger partial charge in [0, 0.05) is 27.5 Å². The molecule has 2 aromatic carbocycles. The fraction of sp³-hybridized carbons (Fsp3) is 0.310. The van der Waals surface area contributed by atoms with E-state index in [0.29, 0.717) is 17.9 Å². The van der Waals surface area contributed by atoms with Crippen molar-refractivity contribution < 1.29 is 9.53 Å². The number of rotatable bonds is 7. The Morgan fingerprint density at radius 2 is 1.97 bits per heavy atom. The summed E-state index contributed by atoms with van der Waals surface area (Å²) in [4.78, 5) is 17.9. The maximum atomic E-state index is 13.7. The molecule has 170 valence electrons. The summed E-state index contributed by atoms with van der Waals surface area (Å²) in [5.41, 5.74) is 7.71. The Morgan fingerprint density at radius 3 is 2.73 bits per heavy atom. The Morgan fingerprint density at radius 1 is 1.12 bits per heavy atom. The zero-order valence-corrected chi connectivity index (χ0v) is 20.3. The minimum absolute atomic E-state index is 0.0306. The topological polar surface area (TPSA) is 29.5 Å². The molecule has 0 bridgehead atoms. The van der Waals surface area contributed by atoms with Crippen LogP contribution in [0.1, 0.15) is 54.4 Å². The van der Waals surface area contributed by atoms with Crippen LogP contribution >= 0.6 is 11.8 Å². The molecule has 1 aliphatic heterocycles. The second kappa shape index (κ2) is 11.3. The molecule has 4 heteroatoms. The van der Waals surface area contributed by atoms with Gasteiger partial charge in [-0.05, 0) is 75.4 Å². The molecule has 0 fully saturated rings. The van der Waals surface area contributed by atoms with Crippen molar-refractivity contribution in [1.29, 1.82) is 0 Å². The van der Waals surface area contributed by atoms with E-state index < -0.39 is 0 Å². The second-order valence-corrected chi connectivity index (χ2v) is 9.74. The minimum Gasteiger partial charge on any atom is -0.497 e. The number of ether oxygens (including phenoxy) is 1. The van der Waals surface area contributed by atoms with Crippen LogP contribution in [0.5, 0.6) is 5.75 Å². The van der Waals surface area contributed by atoms with E-state index in [0.717, 1.165) is 18.5 Å². The lowest BCUT2D eigenvalue weighted by Crippen LogP contribution is -2.32. The van der Waals surface area contributed by atoms with E-state index in [2.05, 4.69) is 43.0 Å². The van der Waals surface area contributed by atoms with Crippen LogP contribution < -0.4 is 9.64 Å². The Balaban J connectivity index is 1.57. The summed E-state index contributed by atoms with van der Waals surface area (Å²) >= 11 is 1.77. The van der Waals surface area contributed by atoms with Gasteiger partial charge in [0.2, 0.25) is 0 Å². The van der Waals surface area contributed by atoms with Crippen LogP contribution in [0, 0.1) is 6.92 Å². The van der Waals surface area contributed by atoms with Crippen LogP contribution in [0.25, 0.3) is 0 Å². The van der Waals surface area contributed by atoms with Crippen molar-refractivity contribution in [2.75, 3.05) is 18.6 Å². The molecule has 1 amide bonds. The largest absolute Gasteiger partial charge is 0.497 e. The summed E-state index contributed by atoms with van der Waals surface area (Å²) in [6.07, 6.45) is 13.5. The first-order valence-corrected chi connectivity index (χ1v) is 12.5. The zero-order valence-electron chi connectivity index (χ0n) is 19.5. The summed E-state index contributed by atoms with van der Waals surface area (Å²) in [5.74, 6) is 0.653. The third-order valence-electron chi connectivity index (χ3n) is 5.97. The zero-order chi connectivity index (χ0) is 23.0. The van der Waals surface area contributed by atoms with E-state index in [4.69, 9.17) is 4.74 Å². The predicted octanol–water partition coefficient (Wildman–Crippen LogP) is 7.60. The highest BCUT2D eigenvalue weighted by Gasteiger charge is 2.21. The number of anilines is 1. The third kappa shape index (κ3) is 6.31. The molecule has 0 unspecified atom stereocenters. The van der Waals surface area contributed by atoms with E-state index in [1.807, 2.05) is 35.2 Å². The number of benzene rings is 2. The van der Waals surface area contributed by atoms with Gasteiger partial charge in [-0.2, -0.15) is 0 Å². The maximum Gasteiger partial charge on any atom is 0.258 e. The van der Waals surface area contributed by atoms with Crippen LogP contribution in [-0.2, 0) is 0 Å². The average Bonchev–Trinajstić information content (AvgIpc) is 3.08. The summed E-state index contributed by atoms with van der Waals surface area (Å²) in [6.45, 7) is 2.59. The van der Waals surface area contributed by atoms with E-state index in [1.165, 1.54) is 46.6 Å². The maximum absolute atomic E-state index is 13.7.